The summed E-state index contributed by atoms with van der Waals surface area (Å²) in [6, 6.07) is 11.2. The van der Waals surface area contributed by atoms with Gasteiger partial charge >= 0.3 is 0 Å². The maximum absolute atomic E-state index is 12.7. The summed E-state index contributed by atoms with van der Waals surface area (Å²) in [5.41, 5.74) is 3.58. The van der Waals surface area contributed by atoms with Gasteiger partial charge in [0.1, 0.15) is 0 Å². The second-order valence-corrected chi connectivity index (χ2v) is 5.89. The van der Waals surface area contributed by atoms with E-state index in [1.54, 1.807) is 17.7 Å². The number of aliphatic hydroxyl groups is 1. The van der Waals surface area contributed by atoms with E-state index in [2.05, 4.69) is 15.4 Å². The van der Waals surface area contributed by atoms with E-state index in [-0.39, 0.29) is 18.6 Å². The van der Waals surface area contributed by atoms with E-state index in [0.29, 0.717) is 16.9 Å². The summed E-state index contributed by atoms with van der Waals surface area (Å²) in [6.45, 7) is 3.50. The van der Waals surface area contributed by atoms with Crippen molar-refractivity contribution >= 4 is 16.9 Å². The van der Waals surface area contributed by atoms with Crippen LogP contribution in [0.5, 0.6) is 0 Å². The molecule has 124 valence electrons. The molecule has 6 heteroatoms. The number of nitrogens with one attached hydrogen (secondary N) is 1. The van der Waals surface area contributed by atoms with Gasteiger partial charge in [0, 0.05) is 18.7 Å². The van der Waals surface area contributed by atoms with Crippen LogP contribution in [0.1, 0.15) is 23.0 Å². The van der Waals surface area contributed by atoms with Gasteiger partial charge in [0.15, 0.2) is 5.65 Å². The first-order chi connectivity index (χ1) is 11.5. The van der Waals surface area contributed by atoms with E-state index in [1.807, 2.05) is 44.3 Å². The van der Waals surface area contributed by atoms with Gasteiger partial charge in [-0.25, -0.2) is 4.98 Å². The van der Waals surface area contributed by atoms with Crippen molar-refractivity contribution in [1.82, 2.24) is 20.1 Å². The quantitative estimate of drug-likeness (QED) is 0.770. The zero-order chi connectivity index (χ0) is 17.3. The van der Waals surface area contributed by atoms with Gasteiger partial charge in [0.05, 0.1) is 28.9 Å². The average Bonchev–Trinajstić information content (AvgIpc) is 2.89. The van der Waals surface area contributed by atoms with Gasteiger partial charge in [-0.05, 0) is 19.9 Å². The number of hydrogen-bond donors (Lipinski definition) is 2. The minimum Gasteiger partial charge on any atom is -0.394 e. The molecule has 1 amide bonds. The average molecular weight is 324 g/mol. The van der Waals surface area contributed by atoms with Crippen molar-refractivity contribution in [3.8, 4) is 11.3 Å². The molecule has 0 bridgehead atoms. The first-order valence-electron chi connectivity index (χ1n) is 7.82. The number of carbonyl (C=O) groups excluding carboxylic acids is 1. The number of benzene rings is 1. The molecule has 0 aliphatic heterocycles. The summed E-state index contributed by atoms with van der Waals surface area (Å²) in [6.07, 6.45) is 0. The molecule has 0 radical (unpaired) electrons. The Labute approximate surface area is 140 Å². The first-order valence-corrected chi connectivity index (χ1v) is 7.82. The highest BCUT2D eigenvalue weighted by Gasteiger charge is 2.20. The monoisotopic (exact) mass is 324 g/mol. The summed E-state index contributed by atoms with van der Waals surface area (Å²) >= 11 is 0. The van der Waals surface area contributed by atoms with E-state index < -0.39 is 0 Å². The zero-order valence-electron chi connectivity index (χ0n) is 13.9. The fraction of sp³-hybridized carbons (Fsp3) is 0.278. The van der Waals surface area contributed by atoms with Crippen LogP contribution in [0.25, 0.3) is 22.3 Å². The summed E-state index contributed by atoms with van der Waals surface area (Å²) < 4.78 is 1.68. The Morgan fingerprint density at radius 1 is 1.33 bits per heavy atom. The Kier molecular flexibility index (Phi) is 4.31. The third kappa shape index (κ3) is 2.88. The molecule has 2 N–H and O–H groups in total. The number of nitrogens with zero attached hydrogens (tertiary/aromatic N) is 3. The molecule has 0 aliphatic carbocycles. The maximum atomic E-state index is 12.7. The van der Waals surface area contributed by atoms with Crippen LogP contribution in [-0.4, -0.2) is 38.4 Å². The molecule has 3 rings (SSSR count). The molecule has 0 spiro atoms. The number of fused-ring (bicyclic) bond motifs is 1. The second-order valence-electron chi connectivity index (χ2n) is 5.89. The lowest BCUT2D eigenvalue weighted by Gasteiger charge is -2.13. The maximum Gasteiger partial charge on any atom is 0.252 e. The van der Waals surface area contributed by atoms with E-state index in [4.69, 9.17) is 0 Å². The molecular formula is C18H20N4O2. The molecule has 0 saturated heterocycles. The summed E-state index contributed by atoms with van der Waals surface area (Å²) in [4.78, 5) is 17.4. The standard InChI is InChI=1S/C18H20N4O2/c1-11(10-23)19-18(24)14-9-15(13-7-5-4-6-8-13)20-17-16(14)12(2)21-22(17)3/h4-9,11,23H,10H2,1-3H3,(H,19,24). The molecule has 2 heterocycles. The third-order valence-corrected chi connectivity index (χ3v) is 3.93. The predicted octanol–water partition coefficient (Wildman–Crippen LogP) is 2.05. The molecule has 0 aliphatic rings. The normalized spacial score (nSPS) is 12.3. The smallest absolute Gasteiger partial charge is 0.252 e. The number of amides is 1. The fourth-order valence-corrected chi connectivity index (χ4v) is 2.73. The molecule has 2 aromatic heterocycles. The fourth-order valence-electron chi connectivity index (χ4n) is 2.73. The second kappa shape index (κ2) is 6.41. The topological polar surface area (TPSA) is 80.0 Å². The largest absolute Gasteiger partial charge is 0.394 e. The van der Waals surface area contributed by atoms with E-state index >= 15 is 0 Å². The minimum atomic E-state index is -0.321. The van der Waals surface area contributed by atoms with Crippen molar-refractivity contribution in [2.24, 2.45) is 7.05 Å². The summed E-state index contributed by atoms with van der Waals surface area (Å²) in [5, 5.41) is 17.1. The molecule has 1 atom stereocenters. The van der Waals surface area contributed by atoms with Crippen LogP contribution in [0, 0.1) is 6.92 Å². The van der Waals surface area contributed by atoms with Crippen molar-refractivity contribution in [2.45, 2.75) is 19.9 Å². The minimum absolute atomic E-state index is 0.114. The molecular weight excluding hydrogens is 304 g/mol. The Bertz CT molecular complexity index is 887. The number of aliphatic hydroxyl groups excluding tert-OH is 1. The van der Waals surface area contributed by atoms with Crippen LogP contribution in [0.3, 0.4) is 0 Å². The predicted molar refractivity (Wildman–Crippen MR) is 92.7 cm³/mol. The van der Waals surface area contributed by atoms with E-state index in [9.17, 15) is 9.90 Å². The Morgan fingerprint density at radius 3 is 2.71 bits per heavy atom. The number of pyridine rings is 1. The number of carbonyl (C=O) groups is 1. The zero-order valence-corrected chi connectivity index (χ0v) is 13.9. The summed E-state index contributed by atoms with van der Waals surface area (Å²) in [5.74, 6) is -0.239. The van der Waals surface area contributed by atoms with Crippen LogP contribution in [0.4, 0.5) is 0 Å². The number of rotatable bonds is 4. The number of hydrogen-bond acceptors (Lipinski definition) is 4. The molecule has 1 aromatic carbocycles. The van der Waals surface area contributed by atoms with Gasteiger partial charge in [-0.15, -0.1) is 0 Å². The van der Waals surface area contributed by atoms with Gasteiger partial charge < -0.3 is 10.4 Å². The molecule has 0 fully saturated rings. The highest BCUT2D eigenvalue weighted by atomic mass is 16.3. The highest BCUT2D eigenvalue weighted by Crippen LogP contribution is 2.26. The summed E-state index contributed by atoms with van der Waals surface area (Å²) in [7, 11) is 1.81. The van der Waals surface area contributed by atoms with Gasteiger partial charge in [-0.1, -0.05) is 30.3 Å². The van der Waals surface area contributed by atoms with Gasteiger partial charge in [0.2, 0.25) is 0 Å². The number of aromatic nitrogens is 3. The molecule has 0 saturated carbocycles. The van der Waals surface area contributed by atoms with Crippen molar-refractivity contribution in [1.29, 1.82) is 0 Å². The molecule has 3 aromatic rings. The van der Waals surface area contributed by atoms with Crippen LogP contribution in [-0.2, 0) is 7.05 Å². The number of aryl methyl sites for hydroxylation is 2. The SMILES string of the molecule is Cc1nn(C)c2nc(-c3ccccc3)cc(C(=O)NC(C)CO)c12. The van der Waals surface area contributed by atoms with Crippen LogP contribution < -0.4 is 5.32 Å². The lowest BCUT2D eigenvalue weighted by atomic mass is 10.0. The van der Waals surface area contributed by atoms with Crippen LogP contribution in [0.2, 0.25) is 0 Å². The Morgan fingerprint density at radius 2 is 2.04 bits per heavy atom. The third-order valence-electron chi connectivity index (χ3n) is 3.93. The van der Waals surface area contributed by atoms with E-state index in [0.717, 1.165) is 16.6 Å². The molecule has 6 nitrogen and oxygen atoms in total. The van der Waals surface area contributed by atoms with Gasteiger partial charge in [-0.2, -0.15) is 5.10 Å². The lowest BCUT2D eigenvalue weighted by molar-refractivity contribution is 0.0924. The van der Waals surface area contributed by atoms with Gasteiger partial charge in [-0.3, -0.25) is 9.48 Å². The van der Waals surface area contributed by atoms with Crippen molar-refractivity contribution in [3.63, 3.8) is 0 Å². The van der Waals surface area contributed by atoms with Crippen LogP contribution in [0.15, 0.2) is 36.4 Å². The van der Waals surface area contributed by atoms with Crippen molar-refractivity contribution < 1.29 is 9.90 Å². The van der Waals surface area contributed by atoms with Gasteiger partial charge in [0.25, 0.3) is 5.91 Å². The van der Waals surface area contributed by atoms with E-state index in [1.165, 1.54) is 0 Å². The lowest BCUT2D eigenvalue weighted by Crippen LogP contribution is -2.35. The molecule has 24 heavy (non-hydrogen) atoms. The Balaban J connectivity index is 2.20. The van der Waals surface area contributed by atoms with Crippen LogP contribution >= 0.6 is 0 Å². The van der Waals surface area contributed by atoms with Crippen molar-refractivity contribution in [2.75, 3.05) is 6.61 Å². The Hall–Kier alpha value is -2.73. The first kappa shape index (κ1) is 16.1. The van der Waals surface area contributed by atoms with Crippen molar-refractivity contribution in [3.05, 3.63) is 47.7 Å². The molecule has 1 unspecified atom stereocenters. The highest BCUT2D eigenvalue weighted by molar-refractivity contribution is 6.07.